The van der Waals surface area contributed by atoms with Crippen molar-refractivity contribution in [1.29, 1.82) is 5.26 Å². The molecule has 7 nitrogen and oxygen atoms in total. The molecule has 108 valence electrons. The topological polar surface area (TPSA) is 76.9 Å². The molecule has 2 fully saturated rings. The Morgan fingerprint density at radius 3 is 2.11 bits per heavy atom. The zero-order valence-electron chi connectivity index (χ0n) is 11.2. The van der Waals surface area contributed by atoms with Crippen molar-refractivity contribution in [3.05, 3.63) is 0 Å². The summed E-state index contributed by atoms with van der Waals surface area (Å²) >= 11 is 0. The van der Waals surface area contributed by atoms with Crippen LogP contribution < -0.4 is 0 Å². The van der Waals surface area contributed by atoms with E-state index in [4.69, 9.17) is 10.00 Å². The number of hydrogen-bond acceptors (Lipinski definition) is 5. The average Bonchev–Trinajstić information content (AvgIpc) is 2.47. The minimum Gasteiger partial charge on any atom is -0.379 e. The van der Waals surface area contributed by atoms with Gasteiger partial charge in [-0.1, -0.05) is 0 Å². The van der Waals surface area contributed by atoms with Crippen LogP contribution in [0.15, 0.2) is 0 Å². The maximum Gasteiger partial charge on any atom is 0.282 e. The lowest BCUT2D eigenvalue weighted by Crippen LogP contribution is -2.56. The Morgan fingerprint density at radius 2 is 1.58 bits per heavy atom. The molecule has 2 aliphatic rings. The second-order valence-electron chi connectivity index (χ2n) is 4.76. The summed E-state index contributed by atoms with van der Waals surface area (Å²) in [6.07, 6.45) is 0. The highest BCUT2D eigenvalue weighted by atomic mass is 32.2. The summed E-state index contributed by atoms with van der Waals surface area (Å²) in [5, 5.41) is 8.87. The zero-order valence-corrected chi connectivity index (χ0v) is 12.0. The predicted octanol–water partition coefficient (Wildman–Crippen LogP) is -0.907. The van der Waals surface area contributed by atoms with E-state index in [9.17, 15) is 8.42 Å². The monoisotopic (exact) mass is 288 g/mol. The molecule has 2 rings (SSSR count). The molecule has 0 aromatic heterocycles. The van der Waals surface area contributed by atoms with Gasteiger partial charge in [0.2, 0.25) is 0 Å². The first-order valence-electron chi connectivity index (χ1n) is 6.52. The fourth-order valence-corrected chi connectivity index (χ4v) is 3.91. The van der Waals surface area contributed by atoms with Crippen molar-refractivity contribution >= 4 is 10.2 Å². The van der Waals surface area contributed by atoms with Crippen LogP contribution in [0.2, 0.25) is 0 Å². The molecule has 0 bridgehead atoms. The molecule has 0 aromatic rings. The largest absolute Gasteiger partial charge is 0.379 e. The number of ether oxygens (including phenoxy) is 1. The molecule has 2 aliphatic heterocycles. The van der Waals surface area contributed by atoms with Gasteiger partial charge in [0.1, 0.15) is 0 Å². The lowest BCUT2D eigenvalue weighted by molar-refractivity contribution is 0.0682. The van der Waals surface area contributed by atoms with E-state index in [2.05, 4.69) is 6.07 Å². The van der Waals surface area contributed by atoms with Gasteiger partial charge in [0.05, 0.1) is 25.3 Å². The maximum atomic E-state index is 12.4. The van der Waals surface area contributed by atoms with Gasteiger partial charge >= 0.3 is 0 Å². The van der Waals surface area contributed by atoms with Crippen LogP contribution in [0.1, 0.15) is 6.92 Å². The minimum atomic E-state index is -3.36. The molecule has 19 heavy (non-hydrogen) atoms. The molecule has 0 aromatic carbocycles. The molecular weight excluding hydrogens is 268 g/mol. The fraction of sp³-hybridized carbons (Fsp3) is 0.909. The molecule has 8 heteroatoms. The summed E-state index contributed by atoms with van der Waals surface area (Å²) in [5.41, 5.74) is 0. The quantitative estimate of drug-likeness (QED) is 0.672. The van der Waals surface area contributed by atoms with E-state index in [1.54, 1.807) is 0 Å². The molecule has 1 unspecified atom stereocenters. The van der Waals surface area contributed by atoms with E-state index in [0.717, 1.165) is 0 Å². The van der Waals surface area contributed by atoms with Crippen molar-refractivity contribution in [2.75, 3.05) is 52.5 Å². The highest BCUT2D eigenvalue weighted by Crippen LogP contribution is 2.14. The van der Waals surface area contributed by atoms with Crippen LogP contribution in [0.25, 0.3) is 0 Å². The Hall–Kier alpha value is -0.720. The molecule has 0 amide bonds. The first-order valence-corrected chi connectivity index (χ1v) is 7.92. The van der Waals surface area contributed by atoms with Crippen molar-refractivity contribution in [3.8, 4) is 6.07 Å². The fourth-order valence-electron chi connectivity index (χ4n) is 2.34. The summed E-state index contributed by atoms with van der Waals surface area (Å²) in [4.78, 5) is 2.01. The molecule has 0 spiro atoms. The summed E-state index contributed by atoms with van der Waals surface area (Å²) < 4.78 is 33.0. The minimum absolute atomic E-state index is 0.159. The average molecular weight is 288 g/mol. The van der Waals surface area contributed by atoms with Gasteiger partial charge in [-0.2, -0.15) is 22.3 Å². The molecular formula is C11H20N4O3S. The predicted molar refractivity (Wildman–Crippen MR) is 69.5 cm³/mol. The van der Waals surface area contributed by atoms with Gasteiger partial charge in [0.25, 0.3) is 10.2 Å². The third-order valence-electron chi connectivity index (χ3n) is 3.63. The second-order valence-corrected chi connectivity index (χ2v) is 6.69. The molecule has 0 saturated carbocycles. The van der Waals surface area contributed by atoms with E-state index >= 15 is 0 Å². The van der Waals surface area contributed by atoms with Gasteiger partial charge in [-0.15, -0.1) is 0 Å². The number of rotatable bonds is 3. The van der Waals surface area contributed by atoms with Crippen LogP contribution in [-0.2, 0) is 14.9 Å². The SMILES string of the molecule is CC(C#N)N1CCN(S(=O)(=O)N2CCOCC2)CC1. The van der Waals surface area contributed by atoms with Gasteiger partial charge in [-0.05, 0) is 6.92 Å². The van der Waals surface area contributed by atoms with Crippen molar-refractivity contribution < 1.29 is 13.2 Å². The van der Waals surface area contributed by atoms with E-state index in [1.807, 2.05) is 11.8 Å². The Bertz CT molecular complexity index is 433. The highest BCUT2D eigenvalue weighted by Gasteiger charge is 2.33. The van der Waals surface area contributed by atoms with Crippen molar-refractivity contribution in [3.63, 3.8) is 0 Å². The molecule has 0 N–H and O–H groups in total. The Morgan fingerprint density at radius 1 is 1.05 bits per heavy atom. The summed E-state index contributed by atoms with van der Waals surface area (Å²) in [6, 6.07) is 2.02. The lowest BCUT2D eigenvalue weighted by Gasteiger charge is -2.38. The number of nitriles is 1. The smallest absolute Gasteiger partial charge is 0.282 e. The van der Waals surface area contributed by atoms with Crippen molar-refractivity contribution in [2.24, 2.45) is 0 Å². The number of morpholine rings is 1. The van der Waals surface area contributed by atoms with Crippen molar-refractivity contribution in [1.82, 2.24) is 13.5 Å². The normalized spacial score (nSPS) is 25.9. The van der Waals surface area contributed by atoms with Gasteiger partial charge in [0, 0.05) is 39.3 Å². The Labute approximate surface area is 114 Å². The zero-order chi connectivity index (χ0) is 13.9. The molecule has 0 radical (unpaired) electrons. The van der Waals surface area contributed by atoms with Crippen LogP contribution in [0, 0.1) is 11.3 Å². The highest BCUT2D eigenvalue weighted by molar-refractivity contribution is 7.86. The Balaban J connectivity index is 1.95. The molecule has 2 heterocycles. The van der Waals surface area contributed by atoms with Gasteiger partial charge < -0.3 is 4.74 Å². The van der Waals surface area contributed by atoms with Crippen LogP contribution in [0.3, 0.4) is 0 Å². The van der Waals surface area contributed by atoms with Crippen LogP contribution in [0.5, 0.6) is 0 Å². The summed E-state index contributed by atoms with van der Waals surface area (Å²) in [6.45, 7) is 5.74. The van der Waals surface area contributed by atoms with Crippen LogP contribution >= 0.6 is 0 Å². The van der Waals surface area contributed by atoms with Gasteiger partial charge in [-0.25, -0.2) is 0 Å². The van der Waals surface area contributed by atoms with E-state index < -0.39 is 10.2 Å². The van der Waals surface area contributed by atoms with E-state index in [-0.39, 0.29) is 6.04 Å². The number of nitrogens with zero attached hydrogens (tertiary/aromatic N) is 4. The Kier molecular flexibility index (Phi) is 4.76. The first-order chi connectivity index (χ1) is 9.05. The third-order valence-corrected chi connectivity index (χ3v) is 5.67. The van der Waals surface area contributed by atoms with Crippen LogP contribution in [-0.4, -0.2) is 80.5 Å². The summed E-state index contributed by atoms with van der Waals surface area (Å²) in [5.74, 6) is 0. The second kappa shape index (κ2) is 6.15. The van der Waals surface area contributed by atoms with Crippen LogP contribution in [0.4, 0.5) is 0 Å². The molecule has 0 aliphatic carbocycles. The third kappa shape index (κ3) is 3.24. The molecule has 1 atom stereocenters. The first kappa shape index (κ1) is 14.7. The number of piperazine rings is 1. The van der Waals surface area contributed by atoms with Crippen molar-refractivity contribution in [2.45, 2.75) is 13.0 Å². The summed E-state index contributed by atoms with van der Waals surface area (Å²) in [7, 11) is -3.36. The van der Waals surface area contributed by atoms with E-state index in [1.165, 1.54) is 8.61 Å². The number of hydrogen-bond donors (Lipinski definition) is 0. The molecule has 2 saturated heterocycles. The van der Waals surface area contributed by atoms with E-state index in [0.29, 0.717) is 52.5 Å². The lowest BCUT2D eigenvalue weighted by atomic mass is 10.2. The van der Waals surface area contributed by atoms with Gasteiger partial charge in [-0.3, -0.25) is 4.90 Å². The maximum absolute atomic E-state index is 12.4. The van der Waals surface area contributed by atoms with Gasteiger partial charge in [0.15, 0.2) is 0 Å². The standard InChI is InChI=1S/C11H20N4O3S/c1-11(10-12)13-2-4-14(5-3-13)19(16,17)15-6-8-18-9-7-15/h11H,2-9H2,1H3.